The normalized spacial score (nSPS) is 10.9. The highest BCUT2D eigenvalue weighted by Gasteiger charge is 2.17. The molecule has 1 aromatic heterocycles. The van der Waals surface area contributed by atoms with Crippen molar-refractivity contribution < 1.29 is 0 Å². The Morgan fingerprint density at radius 2 is 1.88 bits per heavy atom. The molecule has 0 bridgehead atoms. The van der Waals surface area contributed by atoms with Crippen molar-refractivity contribution in [2.75, 3.05) is 5.32 Å². The first kappa shape index (κ1) is 19.0. The van der Waals surface area contributed by atoms with E-state index in [1.165, 1.54) is 0 Å². The fourth-order valence-corrected chi connectivity index (χ4v) is 3.11. The van der Waals surface area contributed by atoms with Crippen LogP contribution in [0.3, 0.4) is 0 Å². The van der Waals surface area contributed by atoms with E-state index in [2.05, 4.69) is 35.7 Å². The first-order valence-electron chi connectivity index (χ1n) is 7.89. The maximum absolute atomic E-state index is 6.39. The van der Waals surface area contributed by atoms with Crippen LogP contribution in [0.15, 0.2) is 30.9 Å². The van der Waals surface area contributed by atoms with Gasteiger partial charge in [-0.15, -0.1) is 6.58 Å². The molecule has 1 aromatic carbocycles. The Hall–Kier alpha value is -1.29. The first-order valence-corrected chi connectivity index (χ1v) is 9.02. The third-order valence-corrected chi connectivity index (χ3v) is 4.59. The molecular formula is C18H20Cl3N3. The smallest absolute Gasteiger partial charge is 0.157 e. The molecule has 0 aliphatic carbocycles. The van der Waals surface area contributed by atoms with Gasteiger partial charge in [-0.05, 0) is 31.0 Å². The summed E-state index contributed by atoms with van der Waals surface area (Å²) in [6.45, 7) is 8.06. The second-order valence-electron chi connectivity index (χ2n) is 5.43. The summed E-state index contributed by atoms with van der Waals surface area (Å²) in [6.07, 6.45) is 4.37. The van der Waals surface area contributed by atoms with Crippen LogP contribution in [-0.4, -0.2) is 16.0 Å². The highest BCUT2D eigenvalue weighted by molar-refractivity contribution is 6.37. The van der Waals surface area contributed by atoms with Crippen molar-refractivity contribution in [2.45, 2.75) is 39.2 Å². The van der Waals surface area contributed by atoms with E-state index in [1.54, 1.807) is 24.3 Å². The van der Waals surface area contributed by atoms with Crippen molar-refractivity contribution in [1.29, 1.82) is 0 Å². The minimum absolute atomic E-state index is 0.306. The Bertz CT molecular complexity index is 728. The average Bonchev–Trinajstić information content (AvgIpc) is 2.55. The molecule has 3 nitrogen and oxygen atoms in total. The first-order chi connectivity index (χ1) is 11.5. The number of nitrogens with zero attached hydrogens (tertiary/aromatic N) is 2. The lowest BCUT2D eigenvalue weighted by atomic mass is 10.1. The van der Waals surface area contributed by atoms with Gasteiger partial charge in [0.05, 0.1) is 10.7 Å². The summed E-state index contributed by atoms with van der Waals surface area (Å²) >= 11 is 18.6. The van der Waals surface area contributed by atoms with Crippen LogP contribution in [0.5, 0.6) is 0 Å². The maximum atomic E-state index is 6.39. The van der Waals surface area contributed by atoms with Gasteiger partial charge in [0.25, 0.3) is 0 Å². The van der Waals surface area contributed by atoms with Crippen molar-refractivity contribution >= 4 is 40.6 Å². The largest absolute Gasteiger partial charge is 0.366 e. The molecule has 24 heavy (non-hydrogen) atoms. The Kier molecular flexibility index (Phi) is 6.90. The molecule has 1 heterocycles. The minimum Gasteiger partial charge on any atom is -0.366 e. The summed E-state index contributed by atoms with van der Waals surface area (Å²) in [5, 5.41) is 4.77. The van der Waals surface area contributed by atoms with E-state index >= 15 is 0 Å². The fourth-order valence-electron chi connectivity index (χ4n) is 2.38. The summed E-state index contributed by atoms with van der Waals surface area (Å²) in [5.41, 5.74) is 2.05. The van der Waals surface area contributed by atoms with Crippen LogP contribution in [0.4, 0.5) is 5.82 Å². The Morgan fingerprint density at radius 1 is 1.17 bits per heavy atom. The SMILES string of the molecule is C=CCc1nc(-c2ccc(Cl)cc2Cl)c(Cl)nc1NC(CC)CC. The van der Waals surface area contributed by atoms with E-state index in [1.807, 2.05) is 0 Å². The number of hydrogen-bond donors (Lipinski definition) is 1. The quantitative estimate of drug-likeness (QED) is 0.559. The van der Waals surface area contributed by atoms with Gasteiger partial charge < -0.3 is 5.32 Å². The van der Waals surface area contributed by atoms with Crippen LogP contribution in [0.25, 0.3) is 11.3 Å². The number of rotatable bonds is 7. The van der Waals surface area contributed by atoms with E-state index in [-0.39, 0.29) is 0 Å². The minimum atomic E-state index is 0.306. The van der Waals surface area contributed by atoms with E-state index in [4.69, 9.17) is 34.8 Å². The molecule has 2 aromatic rings. The number of hydrogen-bond acceptors (Lipinski definition) is 3. The molecule has 0 spiro atoms. The van der Waals surface area contributed by atoms with Crippen LogP contribution in [0, 0.1) is 0 Å². The third-order valence-electron chi connectivity index (χ3n) is 3.78. The van der Waals surface area contributed by atoms with Gasteiger partial charge in [0.2, 0.25) is 0 Å². The summed E-state index contributed by atoms with van der Waals surface area (Å²) in [7, 11) is 0. The van der Waals surface area contributed by atoms with Crippen LogP contribution < -0.4 is 5.32 Å². The molecule has 2 rings (SSSR count). The predicted molar refractivity (Wildman–Crippen MR) is 104 cm³/mol. The lowest BCUT2D eigenvalue weighted by Crippen LogP contribution is -2.20. The topological polar surface area (TPSA) is 37.8 Å². The van der Waals surface area contributed by atoms with Crippen molar-refractivity contribution in [2.24, 2.45) is 0 Å². The van der Waals surface area contributed by atoms with Gasteiger partial charge in [-0.25, -0.2) is 9.97 Å². The number of benzene rings is 1. The van der Waals surface area contributed by atoms with Gasteiger partial charge in [-0.2, -0.15) is 0 Å². The van der Waals surface area contributed by atoms with Gasteiger partial charge in [-0.3, -0.25) is 0 Å². The molecular weight excluding hydrogens is 365 g/mol. The number of anilines is 1. The molecule has 0 aliphatic heterocycles. The number of aromatic nitrogens is 2. The molecule has 0 atom stereocenters. The zero-order valence-electron chi connectivity index (χ0n) is 13.7. The van der Waals surface area contributed by atoms with Crippen molar-refractivity contribution in [3.8, 4) is 11.3 Å². The van der Waals surface area contributed by atoms with Crippen LogP contribution in [0.1, 0.15) is 32.4 Å². The van der Waals surface area contributed by atoms with E-state index in [9.17, 15) is 0 Å². The Labute approximate surface area is 158 Å². The van der Waals surface area contributed by atoms with Gasteiger partial charge >= 0.3 is 0 Å². The second-order valence-corrected chi connectivity index (χ2v) is 6.63. The standard InChI is InChI=1S/C18H20Cl3N3/c1-4-7-15-18(22-12(5-2)6-3)24-17(21)16(23-15)13-9-8-11(19)10-14(13)20/h4,8-10,12H,1,5-7H2,2-3H3,(H,22,24). The number of nitrogens with one attached hydrogen (secondary N) is 1. The van der Waals surface area contributed by atoms with Crippen molar-refractivity contribution in [3.05, 3.63) is 51.7 Å². The Morgan fingerprint density at radius 3 is 2.46 bits per heavy atom. The van der Waals surface area contributed by atoms with Gasteiger partial charge in [0.1, 0.15) is 11.5 Å². The highest BCUT2D eigenvalue weighted by atomic mass is 35.5. The molecule has 0 aliphatic rings. The fraction of sp³-hybridized carbons (Fsp3) is 0.333. The van der Waals surface area contributed by atoms with Crippen LogP contribution in [0.2, 0.25) is 15.2 Å². The zero-order chi connectivity index (χ0) is 17.7. The van der Waals surface area contributed by atoms with Crippen LogP contribution in [-0.2, 0) is 6.42 Å². The van der Waals surface area contributed by atoms with Gasteiger partial charge in [0, 0.05) is 23.0 Å². The lowest BCUT2D eigenvalue weighted by molar-refractivity contribution is 0.666. The van der Waals surface area contributed by atoms with Gasteiger partial charge in [0.15, 0.2) is 5.15 Å². The highest BCUT2D eigenvalue weighted by Crippen LogP contribution is 2.34. The molecule has 128 valence electrons. The van der Waals surface area contributed by atoms with Gasteiger partial charge in [-0.1, -0.05) is 54.7 Å². The van der Waals surface area contributed by atoms with Crippen molar-refractivity contribution in [1.82, 2.24) is 9.97 Å². The molecule has 0 radical (unpaired) electrons. The molecule has 1 N–H and O–H groups in total. The van der Waals surface area contributed by atoms with Crippen molar-refractivity contribution in [3.63, 3.8) is 0 Å². The molecule has 0 saturated heterocycles. The Balaban J connectivity index is 2.51. The summed E-state index contributed by atoms with van der Waals surface area (Å²) in [6, 6.07) is 5.54. The number of halogens is 3. The molecule has 0 fully saturated rings. The van der Waals surface area contributed by atoms with Crippen LogP contribution >= 0.6 is 34.8 Å². The monoisotopic (exact) mass is 383 g/mol. The summed E-state index contributed by atoms with van der Waals surface area (Å²) < 4.78 is 0. The summed E-state index contributed by atoms with van der Waals surface area (Å²) in [4.78, 5) is 9.21. The second kappa shape index (κ2) is 8.70. The molecule has 0 saturated carbocycles. The van der Waals surface area contributed by atoms with E-state index < -0.39 is 0 Å². The lowest BCUT2D eigenvalue weighted by Gasteiger charge is -2.18. The zero-order valence-corrected chi connectivity index (χ0v) is 16.0. The molecule has 6 heteroatoms. The predicted octanol–water partition coefficient (Wildman–Crippen LogP) is 6.43. The van der Waals surface area contributed by atoms with E-state index in [0.29, 0.717) is 44.7 Å². The number of allylic oxidation sites excluding steroid dienone is 1. The summed E-state index contributed by atoms with van der Waals surface area (Å²) in [5.74, 6) is 0.697. The third kappa shape index (κ3) is 4.41. The average molecular weight is 385 g/mol. The van der Waals surface area contributed by atoms with E-state index in [0.717, 1.165) is 18.5 Å². The molecule has 0 unspecified atom stereocenters. The maximum Gasteiger partial charge on any atom is 0.157 e. The molecule has 0 amide bonds.